The predicted molar refractivity (Wildman–Crippen MR) is 106 cm³/mol. The molecule has 8 heteroatoms. The maximum Gasteiger partial charge on any atom is 0.254 e. The van der Waals surface area contributed by atoms with Gasteiger partial charge in [-0.25, -0.2) is 4.98 Å². The summed E-state index contributed by atoms with van der Waals surface area (Å²) in [5.41, 5.74) is 1.95. The summed E-state index contributed by atoms with van der Waals surface area (Å²) in [6.07, 6.45) is 1.55. The molecule has 0 saturated heterocycles. The summed E-state index contributed by atoms with van der Waals surface area (Å²) in [5, 5.41) is 13.3. The van der Waals surface area contributed by atoms with Crippen LogP contribution in [0.15, 0.2) is 42.7 Å². The molecule has 3 aromatic heterocycles. The first-order valence-electron chi connectivity index (χ1n) is 9.59. The van der Waals surface area contributed by atoms with Gasteiger partial charge in [0.1, 0.15) is 18.0 Å². The van der Waals surface area contributed by atoms with Crippen molar-refractivity contribution in [3.63, 3.8) is 0 Å². The predicted octanol–water partition coefficient (Wildman–Crippen LogP) is 3.09. The summed E-state index contributed by atoms with van der Waals surface area (Å²) in [6.45, 7) is 8.16. The Morgan fingerprint density at radius 1 is 1.07 bits per heavy atom. The van der Waals surface area contributed by atoms with Crippen LogP contribution in [0, 0.1) is 0 Å². The molecule has 0 saturated carbocycles. The van der Waals surface area contributed by atoms with E-state index in [1.54, 1.807) is 10.8 Å². The van der Waals surface area contributed by atoms with Gasteiger partial charge in [-0.3, -0.25) is 0 Å². The molecule has 5 rings (SSSR count). The fourth-order valence-corrected chi connectivity index (χ4v) is 3.90. The molecule has 28 heavy (non-hydrogen) atoms. The number of benzene rings is 1. The number of aromatic nitrogens is 7. The molecule has 142 valence electrons. The summed E-state index contributed by atoms with van der Waals surface area (Å²) in [4.78, 5) is 11.3. The first-order valence-corrected chi connectivity index (χ1v) is 9.59. The van der Waals surface area contributed by atoms with Crippen LogP contribution in [0.25, 0.3) is 17.0 Å². The van der Waals surface area contributed by atoms with Crippen molar-refractivity contribution in [1.82, 2.24) is 34.3 Å². The summed E-state index contributed by atoms with van der Waals surface area (Å²) in [5.74, 6) is 3.95. The van der Waals surface area contributed by atoms with Crippen molar-refractivity contribution in [2.45, 2.75) is 39.3 Å². The molecule has 1 aromatic carbocycles. The molecule has 0 amide bonds. The smallest absolute Gasteiger partial charge is 0.254 e. The normalized spacial score (nSPS) is 16.7. The summed E-state index contributed by atoms with van der Waals surface area (Å²) < 4.78 is 4.06. The van der Waals surface area contributed by atoms with Gasteiger partial charge in [-0.15, -0.1) is 10.2 Å². The van der Waals surface area contributed by atoms with E-state index >= 15 is 0 Å². The largest absolute Gasteiger partial charge is 0.345 e. The number of hydrogen-bond donors (Lipinski definition) is 0. The van der Waals surface area contributed by atoms with Crippen LogP contribution in [0.5, 0.6) is 0 Å². The summed E-state index contributed by atoms with van der Waals surface area (Å²) in [7, 11) is 0. The van der Waals surface area contributed by atoms with Crippen LogP contribution in [0.1, 0.15) is 44.4 Å². The van der Waals surface area contributed by atoms with Gasteiger partial charge in [-0.05, 0) is 6.92 Å². The van der Waals surface area contributed by atoms with E-state index in [1.165, 1.54) is 0 Å². The van der Waals surface area contributed by atoms with Crippen molar-refractivity contribution in [1.29, 1.82) is 0 Å². The van der Waals surface area contributed by atoms with Gasteiger partial charge >= 0.3 is 0 Å². The van der Waals surface area contributed by atoms with Crippen molar-refractivity contribution in [2.75, 3.05) is 11.4 Å². The number of nitrogens with zero attached hydrogens (tertiary/aromatic N) is 8. The third-order valence-corrected chi connectivity index (χ3v) is 5.33. The van der Waals surface area contributed by atoms with E-state index in [0.29, 0.717) is 11.7 Å². The molecule has 1 aliphatic heterocycles. The minimum Gasteiger partial charge on any atom is -0.345 e. The molecule has 8 nitrogen and oxygen atoms in total. The van der Waals surface area contributed by atoms with Gasteiger partial charge in [-0.2, -0.15) is 14.6 Å². The van der Waals surface area contributed by atoms with Crippen molar-refractivity contribution < 1.29 is 0 Å². The molecule has 4 heterocycles. The third kappa shape index (κ3) is 2.56. The van der Waals surface area contributed by atoms with Crippen LogP contribution < -0.4 is 4.90 Å². The number of rotatable bonds is 3. The minimum absolute atomic E-state index is 0.0761. The Morgan fingerprint density at radius 2 is 1.89 bits per heavy atom. The van der Waals surface area contributed by atoms with Gasteiger partial charge < -0.3 is 9.47 Å². The molecule has 1 aliphatic rings. The second kappa shape index (κ2) is 6.40. The standard InChI is InChI=1S/C20H22N8/c1-13(2)18-24-25-19-14(3)26(9-10-27(18)19)17-11-16(15-7-5-4-6-8-15)23-20-21-12-22-28(17)20/h4-8,11-14H,9-10H2,1-3H3. The van der Waals surface area contributed by atoms with Crippen LogP contribution in [-0.2, 0) is 6.54 Å². The summed E-state index contributed by atoms with van der Waals surface area (Å²) in [6, 6.07) is 12.3. The molecule has 1 atom stereocenters. The molecule has 0 bridgehead atoms. The van der Waals surface area contributed by atoms with E-state index in [1.807, 2.05) is 18.2 Å². The summed E-state index contributed by atoms with van der Waals surface area (Å²) >= 11 is 0. The van der Waals surface area contributed by atoms with Gasteiger partial charge in [0.05, 0.1) is 11.7 Å². The monoisotopic (exact) mass is 374 g/mol. The van der Waals surface area contributed by atoms with E-state index < -0.39 is 0 Å². The lowest BCUT2D eigenvalue weighted by atomic mass is 10.1. The highest BCUT2D eigenvalue weighted by Crippen LogP contribution is 2.32. The maximum absolute atomic E-state index is 4.69. The van der Waals surface area contributed by atoms with Crippen molar-refractivity contribution >= 4 is 11.6 Å². The molecule has 4 aromatic rings. The quantitative estimate of drug-likeness (QED) is 0.548. The van der Waals surface area contributed by atoms with Gasteiger partial charge in [0.2, 0.25) is 0 Å². The Bertz CT molecular complexity index is 1130. The first-order chi connectivity index (χ1) is 13.6. The van der Waals surface area contributed by atoms with Gasteiger partial charge in [0.25, 0.3) is 5.78 Å². The molecule has 0 aliphatic carbocycles. The average Bonchev–Trinajstić information content (AvgIpc) is 3.35. The zero-order valence-electron chi connectivity index (χ0n) is 16.2. The zero-order chi connectivity index (χ0) is 19.3. The Labute approximate surface area is 162 Å². The molecular formula is C20H22N8. The SMILES string of the molecule is CC(C)c1nnc2n1CCN(c1cc(-c3ccccc3)nc3ncnn13)C2C. The molecule has 0 N–H and O–H groups in total. The van der Waals surface area contributed by atoms with Crippen molar-refractivity contribution in [2.24, 2.45) is 0 Å². The first kappa shape index (κ1) is 16.9. The Morgan fingerprint density at radius 3 is 2.68 bits per heavy atom. The Kier molecular flexibility index (Phi) is 3.85. The van der Waals surface area contributed by atoms with Crippen LogP contribution in [0.4, 0.5) is 5.82 Å². The van der Waals surface area contributed by atoms with E-state index in [9.17, 15) is 0 Å². The number of fused-ring (bicyclic) bond motifs is 2. The van der Waals surface area contributed by atoms with Crippen LogP contribution in [-0.4, -0.2) is 40.9 Å². The molecule has 1 unspecified atom stereocenters. The fourth-order valence-electron chi connectivity index (χ4n) is 3.90. The third-order valence-electron chi connectivity index (χ3n) is 5.33. The second-order valence-electron chi connectivity index (χ2n) is 7.43. The van der Waals surface area contributed by atoms with Gasteiger partial charge in [0.15, 0.2) is 5.82 Å². The van der Waals surface area contributed by atoms with E-state index in [4.69, 9.17) is 0 Å². The molecular weight excluding hydrogens is 352 g/mol. The Balaban J connectivity index is 1.62. The number of hydrogen-bond acceptors (Lipinski definition) is 6. The van der Waals surface area contributed by atoms with E-state index in [2.05, 4.69) is 73.7 Å². The molecule has 0 spiro atoms. The lowest BCUT2D eigenvalue weighted by molar-refractivity contribution is 0.474. The average molecular weight is 374 g/mol. The fraction of sp³-hybridized carbons (Fsp3) is 0.350. The van der Waals surface area contributed by atoms with E-state index in [-0.39, 0.29) is 6.04 Å². The van der Waals surface area contributed by atoms with Crippen molar-refractivity contribution in [3.8, 4) is 11.3 Å². The maximum atomic E-state index is 4.69. The molecule has 0 radical (unpaired) electrons. The Hall–Kier alpha value is -3.29. The van der Waals surface area contributed by atoms with Crippen LogP contribution in [0.2, 0.25) is 0 Å². The van der Waals surface area contributed by atoms with Crippen LogP contribution in [0.3, 0.4) is 0 Å². The van der Waals surface area contributed by atoms with Crippen LogP contribution >= 0.6 is 0 Å². The second-order valence-corrected chi connectivity index (χ2v) is 7.43. The van der Waals surface area contributed by atoms with Gasteiger partial charge in [0, 0.05) is 30.6 Å². The lowest BCUT2D eigenvalue weighted by Crippen LogP contribution is -2.38. The topological polar surface area (TPSA) is 77.0 Å². The lowest BCUT2D eigenvalue weighted by Gasteiger charge is -2.35. The zero-order valence-corrected chi connectivity index (χ0v) is 16.2. The highest BCUT2D eigenvalue weighted by molar-refractivity contribution is 5.66. The minimum atomic E-state index is 0.0761. The van der Waals surface area contributed by atoms with E-state index in [0.717, 1.165) is 41.8 Å². The van der Waals surface area contributed by atoms with Gasteiger partial charge in [-0.1, -0.05) is 44.2 Å². The number of anilines is 1. The van der Waals surface area contributed by atoms with Crippen molar-refractivity contribution in [3.05, 3.63) is 54.4 Å². The highest BCUT2D eigenvalue weighted by atomic mass is 15.4. The highest BCUT2D eigenvalue weighted by Gasteiger charge is 2.31. The molecule has 0 fully saturated rings.